The number of carbonyl (C=O) groups excluding carboxylic acids is 3. The number of Topliss-reactive ketones (excluding diaryl/α,β-unsaturated/α-hetero) is 1. The van der Waals surface area contributed by atoms with Gasteiger partial charge in [-0.3, -0.25) is 19.3 Å². The van der Waals surface area contributed by atoms with E-state index in [0.29, 0.717) is 18.5 Å². The first-order valence-electron chi connectivity index (χ1n) is 14.8. The lowest BCUT2D eigenvalue weighted by Crippen LogP contribution is -2.54. The third-order valence-corrected chi connectivity index (χ3v) is 9.70. The molecule has 2 aromatic rings. The summed E-state index contributed by atoms with van der Waals surface area (Å²) in [5.74, 6) is -0.762. The van der Waals surface area contributed by atoms with Gasteiger partial charge in [-0.1, -0.05) is 32.4 Å². The van der Waals surface area contributed by atoms with Crippen molar-refractivity contribution >= 4 is 34.1 Å². The van der Waals surface area contributed by atoms with Gasteiger partial charge in [-0.2, -0.15) is 0 Å². The SMILES string of the molecule is CC[C@H](C)[C@H](NC(=O)c1ccc(-c2csc(N3CCN(CCOC)CC3)n2)cc1)C(=O)N1C[C@H](NC)[C@@H]2OCC(=O)[C@H]21. The molecule has 4 heterocycles. The molecule has 0 saturated carbocycles. The lowest BCUT2D eigenvalue weighted by Gasteiger charge is -2.34. The van der Waals surface area contributed by atoms with E-state index < -0.39 is 12.1 Å². The van der Waals surface area contributed by atoms with Gasteiger partial charge in [-0.05, 0) is 25.1 Å². The predicted molar refractivity (Wildman–Crippen MR) is 162 cm³/mol. The summed E-state index contributed by atoms with van der Waals surface area (Å²) < 4.78 is 10.9. The summed E-state index contributed by atoms with van der Waals surface area (Å²) in [7, 11) is 3.54. The first kappa shape index (κ1) is 30.6. The molecule has 0 unspecified atom stereocenters. The summed E-state index contributed by atoms with van der Waals surface area (Å²) in [4.78, 5) is 50.9. The average molecular weight is 599 g/mol. The van der Waals surface area contributed by atoms with Crippen molar-refractivity contribution < 1.29 is 23.9 Å². The molecule has 5 rings (SSSR count). The highest BCUT2D eigenvalue weighted by Gasteiger charge is 2.53. The van der Waals surface area contributed by atoms with Crippen LogP contribution in [-0.2, 0) is 19.1 Å². The molecule has 3 saturated heterocycles. The monoisotopic (exact) mass is 598 g/mol. The van der Waals surface area contributed by atoms with E-state index in [1.54, 1.807) is 42.5 Å². The lowest BCUT2D eigenvalue weighted by atomic mass is 9.96. The molecule has 0 aliphatic carbocycles. The van der Waals surface area contributed by atoms with Gasteiger partial charge in [0.2, 0.25) is 5.91 Å². The van der Waals surface area contributed by atoms with E-state index >= 15 is 0 Å². The Balaban J connectivity index is 1.22. The maximum Gasteiger partial charge on any atom is 0.251 e. The van der Waals surface area contributed by atoms with Crippen LogP contribution in [-0.4, -0.2) is 123 Å². The van der Waals surface area contributed by atoms with E-state index in [2.05, 4.69) is 25.8 Å². The van der Waals surface area contributed by atoms with E-state index in [0.717, 1.165) is 55.7 Å². The van der Waals surface area contributed by atoms with Gasteiger partial charge < -0.3 is 29.9 Å². The first-order chi connectivity index (χ1) is 20.3. The second kappa shape index (κ2) is 13.6. The summed E-state index contributed by atoms with van der Waals surface area (Å²) >= 11 is 1.63. The van der Waals surface area contributed by atoms with Crippen molar-refractivity contribution in [3.8, 4) is 11.3 Å². The third-order valence-electron chi connectivity index (χ3n) is 8.79. The van der Waals surface area contributed by atoms with Crippen molar-refractivity contribution in [1.29, 1.82) is 0 Å². The number of carbonyl (C=O) groups is 3. The zero-order chi connectivity index (χ0) is 29.8. The van der Waals surface area contributed by atoms with Crippen LogP contribution in [0.3, 0.4) is 0 Å². The second-order valence-electron chi connectivity index (χ2n) is 11.3. The molecule has 3 aliphatic rings. The number of hydrogen-bond acceptors (Lipinski definition) is 10. The number of piperazine rings is 1. The van der Waals surface area contributed by atoms with E-state index in [4.69, 9.17) is 14.5 Å². The largest absolute Gasteiger partial charge is 0.383 e. The minimum Gasteiger partial charge on any atom is -0.383 e. The minimum atomic E-state index is -0.747. The Kier molecular flexibility index (Phi) is 9.89. The van der Waals surface area contributed by atoms with Crippen LogP contribution in [0.15, 0.2) is 29.6 Å². The fourth-order valence-electron chi connectivity index (χ4n) is 5.94. The highest BCUT2D eigenvalue weighted by Crippen LogP contribution is 2.30. The van der Waals surface area contributed by atoms with Gasteiger partial charge in [0.15, 0.2) is 10.9 Å². The van der Waals surface area contributed by atoms with Crippen LogP contribution >= 0.6 is 11.3 Å². The molecule has 11 nitrogen and oxygen atoms in total. The van der Waals surface area contributed by atoms with Crippen molar-refractivity contribution in [3.63, 3.8) is 0 Å². The van der Waals surface area contributed by atoms with Crippen LogP contribution in [0.25, 0.3) is 11.3 Å². The highest BCUT2D eigenvalue weighted by molar-refractivity contribution is 7.14. The first-order valence-corrected chi connectivity index (χ1v) is 15.7. The fraction of sp³-hybridized carbons (Fsp3) is 0.600. The number of amides is 2. The normalized spacial score (nSPS) is 24.1. The van der Waals surface area contributed by atoms with E-state index in [9.17, 15) is 14.4 Å². The number of nitrogens with one attached hydrogen (secondary N) is 2. The summed E-state index contributed by atoms with van der Waals surface area (Å²) in [6, 6.07) is 5.86. The predicted octanol–water partition coefficient (Wildman–Crippen LogP) is 1.49. The Hall–Kier alpha value is -2.90. The van der Waals surface area contributed by atoms with Crippen LogP contribution in [0.2, 0.25) is 0 Å². The van der Waals surface area contributed by atoms with Gasteiger partial charge in [0.05, 0.1) is 18.3 Å². The molecular formula is C30H42N6O5S. The summed E-state index contributed by atoms with van der Waals surface area (Å²) in [5.41, 5.74) is 2.28. The number of benzene rings is 1. The average Bonchev–Trinajstić information content (AvgIpc) is 3.75. The Morgan fingerprint density at radius 3 is 2.60 bits per heavy atom. The van der Waals surface area contributed by atoms with Gasteiger partial charge in [0.25, 0.3) is 5.91 Å². The number of rotatable bonds is 11. The molecule has 12 heteroatoms. The van der Waals surface area contributed by atoms with Crippen molar-refractivity contribution in [2.75, 3.05) is 71.5 Å². The molecule has 0 bridgehead atoms. The second-order valence-corrected chi connectivity index (χ2v) is 12.2. The summed E-state index contributed by atoms with van der Waals surface area (Å²) in [6.45, 7) is 9.85. The summed E-state index contributed by atoms with van der Waals surface area (Å²) in [6.07, 6.45) is 0.343. The van der Waals surface area contributed by atoms with Gasteiger partial charge in [-0.25, -0.2) is 4.98 Å². The Bertz CT molecular complexity index is 1250. The maximum atomic E-state index is 13.8. The number of ketones is 1. The van der Waals surface area contributed by atoms with Gasteiger partial charge >= 0.3 is 0 Å². The van der Waals surface area contributed by atoms with Crippen molar-refractivity contribution in [2.24, 2.45) is 5.92 Å². The van der Waals surface area contributed by atoms with Gasteiger partial charge in [0, 0.05) is 62.9 Å². The van der Waals surface area contributed by atoms with Crippen LogP contribution in [0.1, 0.15) is 30.6 Å². The van der Waals surface area contributed by atoms with E-state index in [1.165, 1.54) is 0 Å². The molecule has 0 spiro atoms. The number of ether oxygens (including phenoxy) is 2. The van der Waals surface area contributed by atoms with Crippen LogP contribution in [0, 0.1) is 5.92 Å². The molecule has 3 fully saturated rings. The lowest BCUT2D eigenvalue weighted by molar-refractivity contribution is -0.139. The number of likely N-dealkylation sites (tertiary alicyclic amines) is 1. The van der Waals surface area contributed by atoms with E-state index in [1.807, 2.05) is 26.0 Å². The van der Waals surface area contributed by atoms with Gasteiger partial charge in [0.1, 0.15) is 24.8 Å². The highest BCUT2D eigenvalue weighted by atomic mass is 32.1. The van der Waals surface area contributed by atoms with Crippen molar-refractivity contribution in [3.05, 3.63) is 35.2 Å². The molecule has 3 aliphatic heterocycles. The molecule has 1 aromatic carbocycles. The number of fused-ring (bicyclic) bond motifs is 1. The van der Waals surface area contributed by atoms with Crippen molar-refractivity contribution in [1.82, 2.24) is 25.4 Å². The smallest absolute Gasteiger partial charge is 0.251 e. The Labute approximate surface area is 251 Å². The molecule has 2 amide bonds. The Morgan fingerprint density at radius 1 is 1.19 bits per heavy atom. The molecule has 42 heavy (non-hydrogen) atoms. The fourth-order valence-corrected chi connectivity index (χ4v) is 6.83. The number of thiazole rings is 1. The zero-order valence-corrected chi connectivity index (χ0v) is 25.7. The van der Waals surface area contributed by atoms with E-state index in [-0.39, 0.29) is 42.3 Å². The van der Waals surface area contributed by atoms with Gasteiger partial charge in [-0.15, -0.1) is 11.3 Å². The minimum absolute atomic E-state index is 0.00992. The Morgan fingerprint density at radius 2 is 1.93 bits per heavy atom. The summed E-state index contributed by atoms with van der Waals surface area (Å²) in [5, 5.41) is 9.20. The number of anilines is 1. The quantitative estimate of drug-likeness (QED) is 0.397. The molecule has 5 atom stereocenters. The molecule has 2 N–H and O–H groups in total. The molecular weight excluding hydrogens is 556 g/mol. The van der Waals surface area contributed by atoms with Crippen LogP contribution in [0.5, 0.6) is 0 Å². The van der Waals surface area contributed by atoms with Crippen molar-refractivity contribution in [2.45, 2.75) is 44.5 Å². The third kappa shape index (κ3) is 6.37. The number of aromatic nitrogens is 1. The molecule has 228 valence electrons. The number of methoxy groups -OCH3 is 1. The topological polar surface area (TPSA) is 116 Å². The standard InChI is InChI=1S/C30H42N6O5S/c1-5-19(2)25(29(39)36-16-22(31-3)27-26(36)24(37)17-41-27)33-28(38)21-8-6-20(7-9-21)23-18-42-30(32-23)35-12-10-34(11-13-35)14-15-40-4/h6-9,18-19,22,25-27,31H,5,10-17H2,1-4H3,(H,33,38)/t19-,22-,25-,26+,27-/m0/s1. The van der Waals surface area contributed by atoms with Crippen LogP contribution in [0.4, 0.5) is 5.13 Å². The van der Waals surface area contributed by atoms with Crippen LogP contribution < -0.4 is 15.5 Å². The number of likely N-dealkylation sites (N-methyl/N-ethyl adjacent to an activating group) is 1. The zero-order valence-electron chi connectivity index (χ0n) is 24.9. The number of nitrogens with zero attached hydrogens (tertiary/aromatic N) is 4. The molecule has 0 radical (unpaired) electrons. The molecule has 1 aromatic heterocycles. The maximum absolute atomic E-state index is 13.8. The number of hydrogen-bond donors (Lipinski definition) is 2.